The van der Waals surface area contributed by atoms with E-state index in [1.807, 2.05) is 0 Å². The minimum atomic E-state index is -0.651. The SMILES string of the molecule is CCOC(=O)Cc1csc(NC(=O)COC(=O)/C=C/c2ccc(Cl)cc2)n1. The van der Waals surface area contributed by atoms with E-state index in [0.717, 1.165) is 16.9 Å². The molecule has 7 nitrogen and oxygen atoms in total. The molecule has 0 fully saturated rings. The van der Waals surface area contributed by atoms with Crippen molar-refractivity contribution in [2.24, 2.45) is 0 Å². The molecule has 2 rings (SSSR count). The van der Waals surface area contributed by atoms with E-state index >= 15 is 0 Å². The average molecular weight is 409 g/mol. The summed E-state index contributed by atoms with van der Waals surface area (Å²) in [6.07, 6.45) is 2.81. The van der Waals surface area contributed by atoms with Gasteiger partial charge in [0.25, 0.3) is 5.91 Å². The largest absolute Gasteiger partial charge is 0.466 e. The van der Waals surface area contributed by atoms with Gasteiger partial charge in [0.2, 0.25) is 0 Å². The molecule has 0 spiro atoms. The molecule has 1 heterocycles. The smallest absolute Gasteiger partial charge is 0.331 e. The Bertz CT molecular complexity index is 833. The summed E-state index contributed by atoms with van der Waals surface area (Å²) in [4.78, 5) is 38.9. The van der Waals surface area contributed by atoms with E-state index in [2.05, 4.69) is 10.3 Å². The molecule has 1 aromatic heterocycles. The van der Waals surface area contributed by atoms with Crippen molar-refractivity contribution in [3.8, 4) is 0 Å². The number of benzene rings is 1. The fraction of sp³-hybridized carbons (Fsp3) is 0.222. The normalized spacial score (nSPS) is 10.6. The van der Waals surface area contributed by atoms with E-state index in [0.29, 0.717) is 22.5 Å². The fourth-order valence-corrected chi connectivity index (χ4v) is 2.74. The molecule has 1 N–H and O–H groups in total. The van der Waals surface area contributed by atoms with Gasteiger partial charge in [-0.1, -0.05) is 23.7 Å². The number of carbonyl (C=O) groups excluding carboxylic acids is 3. The molecular formula is C18H17ClN2O5S. The number of carbonyl (C=O) groups is 3. The third-order valence-corrected chi connectivity index (χ3v) is 4.11. The van der Waals surface area contributed by atoms with Gasteiger partial charge < -0.3 is 9.47 Å². The second kappa shape index (κ2) is 10.4. The summed E-state index contributed by atoms with van der Waals surface area (Å²) in [5.74, 6) is -1.57. The van der Waals surface area contributed by atoms with E-state index in [-0.39, 0.29) is 12.4 Å². The van der Waals surface area contributed by atoms with Crippen LogP contribution in [0, 0.1) is 0 Å². The number of rotatable bonds is 8. The Hall–Kier alpha value is -2.71. The van der Waals surface area contributed by atoms with Crippen LogP contribution in [-0.4, -0.2) is 36.0 Å². The van der Waals surface area contributed by atoms with Gasteiger partial charge in [0.1, 0.15) is 0 Å². The van der Waals surface area contributed by atoms with Crippen LogP contribution in [0.1, 0.15) is 18.2 Å². The Morgan fingerprint density at radius 1 is 1.22 bits per heavy atom. The summed E-state index contributed by atoms with van der Waals surface area (Å²) in [6, 6.07) is 6.89. The van der Waals surface area contributed by atoms with E-state index in [4.69, 9.17) is 21.1 Å². The first-order chi connectivity index (χ1) is 13.0. The molecule has 0 saturated carbocycles. The summed E-state index contributed by atoms with van der Waals surface area (Å²) in [6.45, 7) is 1.57. The number of thiazole rings is 1. The van der Waals surface area contributed by atoms with Crippen molar-refractivity contribution in [3.63, 3.8) is 0 Å². The van der Waals surface area contributed by atoms with Crippen LogP contribution in [-0.2, 0) is 30.3 Å². The molecule has 0 atom stereocenters. The summed E-state index contributed by atoms with van der Waals surface area (Å²) >= 11 is 6.94. The predicted molar refractivity (Wildman–Crippen MR) is 103 cm³/mol. The first-order valence-electron chi connectivity index (χ1n) is 7.96. The van der Waals surface area contributed by atoms with Crippen LogP contribution in [0.15, 0.2) is 35.7 Å². The summed E-state index contributed by atoms with van der Waals surface area (Å²) in [5, 5.41) is 5.06. The minimum Gasteiger partial charge on any atom is -0.466 e. The highest BCUT2D eigenvalue weighted by atomic mass is 35.5. The van der Waals surface area contributed by atoms with Gasteiger partial charge in [-0.05, 0) is 30.7 Å². The first kappa shape index (κ1) is 20.6. The number of aromatic nitrogens is 1. The van der Waals surface area contributed by atoms with Crippen LogP contribution in [0.5, 0.6) is 0 Å². The van der Waals surface area contributed by atoms with Crippen molar-refractivity contribution in [2.45, 2.75) is 13.3 Å². The maximum Gasteiger partial charge on any atom is 0.331 e. The quantitative estimate of drug-likeness (QED) is 0.532. The van der Waals surface area contributed by atoms with Gasteiger partial charge in [0, 0.05) is 16.5 Å². The number of hydrogen-bond donors (Lipinski definition) is 1. The molecular weight excluding hydrogens is 392 g/mol. The zero-order valence-electron chi connectivity index (χ0n) is 14.4. The summed E-state index contributed by atoms with van der Waals surface area (Å²) in [5.41, 5.74) is 1.27. The van der Waals surface area contributed by atoms with Gasteiger partial charge in [0.05, 0.1) is 18.7 Å². The lowest BCUT2D eigenvalue weighted by Crippen LogP contribution is -2.20. The van der Waals surface area contributed by atoms with Crippen molar-refractivity contribution in [1.29, 1.82) is 0 Å². The molecule has 0 aliphatic rings. The Morgan fingerprint density at radius 2 is 1.96 bits per heavy atom. The highest BCUT2D eigenvalue weighted by Gasteiger charge is 2.11. The van der Waals surface area contributed by atoms with Gasteiger partial charge in [-0.25, -0.2) is 9.78 Å². The number of nitrogens with zero attached hydrogens (tertiary/aromatic N) is 1. The van der Waals surface area contributed by atoms with Crippen LogP contribution < -0.4 is 5.32 Å². The summed E-state index contributed by atoms with van der Waals surface area (Å²) in [7, 11) is 0. The van der Waals surface area contributed by atoms with Crippen LogP contribution in [0.25, 0.3) is 6.08 Å². The third kappa shape index (κ3) is 7.59. The monoisotopic (exact) mass is 408 g/mol. The molecule has 2 aromatic rings. The van der Waals surface area contributed by atoms with Crippen LogP contribution in [0.4, 0.5) is 5.13 Å². The van der Waals surface area contributed by atoms with E-state index in [1.165, 1.54) is 6.08 Å². The number of halogens is 1. The molecule has 0 unspecified atom stereocenters. The molecule has 27 heavy (non-hydrogen) atoms. The van der Waals surface area contributed by atoms with Crippen LogP contribution in [0.2, 0.25) is 5.02 Å². The molecule has 9 heteroatoms. The zero-order chi connectivity index (χ0) is 19.6. The zero-order valence-corrected chi connectivity index (χ0v) is 16.0. The molecule has 1 amide bonds. The van der Waals surface area contributed by atoms with Gasteiger partial charge in [-0.15, -0.1) is 11.3 Å². The second-order valence-electron chi connectivity index (χ2n) is 5.17. The molecule has 0 aliphatic carbocycles. The highest BCUT2D eigenvalue weighted by molar-refractivity contribution is 7.13. The third-order valence-electron chi connectivity index (χ3n) is 3.06. The van der Waals surface area contributed by atoms with Crippen molar-refractivity contribution in [3.05, 3.63) is 52.0 Å². The van der Waals surface area contributed by atoms with Crippen molar-refractivity contribution in [2.75, 3.05) is 18.5 Å². The maximum atomic E-state index is 11.8. The maximum absolute atomic E-state index is 11.8. The number of amides is 1. The number of nitrogens with one attached hydrogen (secondary N) is 1. The van der Waals surface area contributed by atoms with Crippen LogP contribution in [0.3, 0.4) is 0 Å². The van der Waals surface area contributed by atoms with Crippen LogP contribution >= 0.6 is 22.9 Å². The van der Waals surface area contributed by atoms with Crippen molar-refractivity contribution in [1.82, 2.24) is 4.98 Å². The lowest BCUT2D eigenvalue weighted by Gasteiger charge is -2.02. The minimum absolute atomic E-state index is 0.0324. The molecule has 1 aromatic carbocycles. The lowest BCUT2D eigenvalue weighted by molar-refractivity contribution is -0.142. The Labute approximate surface area is 165 Å². The molecule has 142 valence electrons. The van der Waals surface area contributed by atoms with E-state index in [9.17, 15) is 14.4 Å². The topological polar surface area (TPSA) is 94.6 Å². The number of ether oxygens (including phenoxy) is 2. The van der Waals surface area contributed by atoms with Gasteiger partial charge in [0.15, 0.2) is 11.7 Å². The number of hydrogen-bond acceptors (Lipinski definition) is 7. The molecule has 0 saturated heterocycles. The number of esters is 2. The second-order valence-corrected chi connectivity index (χ2v) is 6.46. The average Bonchev–Trinajstić information content (AvgIpc) is 3.06. The Kier molecular flexibility index (Phi) is 7.97. The van der Waals surface area contributed by atoms with Gasteiger partial charge >= 0.3 is 11.9 Å². The fourth-order valence-electron chi connectivity index (χ4n) is 1.88. The molecule has 0 bridgehead atoms. The van der Waals surface area contributed by atoms with Gasteiger partial charge in [-0.3, -0.25) is 14.9 Å². The van der Waals surface area contributed by atoms with Crippen molar-refractivity contribution >= 4 is 52.0 Å². The summed E-state index contributed by atoms with van der Waals surface area (Å²) < 4.78 is 9.69. The van der Waals surface area contributed by atoms with Gasteiger partial charge in [-0.2, -0.15) is 0 Å². The number of anilines is 1. The lowest BCUT2D eigenvalue weighted by atomic mass is 10.2. The van der Waals surface area contributed by atoms with E-state index in [1.54, 1.807) is 42.6 Å². The molecule has 0 radical (unpaired) electrons. The predicted octanol–water partition coefficient (Wildman–Crippen LogP) is 3.10. The first-order valence-corrected chi connectivity index (χ1v) is 9.22. The standard InChI is InChI=1S/C18H17ClN2O5S/c1-2-25-17(24)9-14-11-27-18(20-14)21-15(22)10-26-16(23)8-5-12-3-6-13(19)7-4-12/h3-8,11H,2,9-10H2,1H3,(H,20,21,22)/b8-5+. The highest BCUT2D eigenvalue weighted by Crippen LogP contribution is 2.16. The Balaban J connectivity index is 1.75. The molecule has 0 aliphatic heterocycles. The Morgan fingerprint density at radius 3 is 2.67 bits per heavy atom. The van der Waals surface area contributed by atoms with E-state index < -0.39 is 18.5 Å². The van der Waals surface area contributed by atoms with Crippen molar-refractivity contribution < 1.29 is 23.9 Å².